The van der Waals surface area contributed by atoms with Crippen LogP contribution in [0.3, 0.4) is 0 Å². The molecule has 0 amide bonds. The number of fused-ring (bicyclic) bond motifs is 3. The van der Waals surface area contributed by atoms with Crippen molar-refractivity contribution < 1.29 is 0 Å². The first kappa shape index (κ1) is 14.4. The average Bonchev–Trinajstić information content (AvgIpc) is 3.10. The van der Waals surface area contributed by atoms with Crippen LogP contribution in [0.25, 0.3) is 10.2 Å². The second kappa shape index (κ2) is 6.13. The highest BCUT2D eigenvalue weighted by molar-refractivity contribution is 7.19. The van der Waals surface area contributed by atoms with E-state index >= 15 is 0 Å². The van der Waals surface area contributed by atoms with Crippen molar-refractivity contribution in [3.05, 3.63) is 16.8 Å². The highest BCUT2D eigenvalue weighted by Gasteiger charge is 2.24. The Kier molecular flexibility index (Phi) is 4.01. The maximum absolute atomic E-state index is 4.58. The molecule has 1 aliphatic carbocycles. The number of nitrogens with zero attached hydrogens (tertiary/aromatic N) is 3. The molecule has 4 rings (SSSR count). The molecule has 5 heteroatoms. The van der Waals surface area contributed by atoms with Crippen molar-refractivity contribution in [1.29, 1.82) is 0 Å². The van der Waals surface area contributed by atoms with Crippen LogP contribution in [0.4, 0.5) is 5.82 Å². The molecule has 2 aromatic rings. The molecule has 0 unspecified atom stereocenters. The van der Waals surface area contributed by atoms with E-state index in [0.717, 1.165) is 5.82 Å². The van der Waals surface area contributed by atoms with E-state index in [4.69, 9.17) is 0 Å². The van der Waals surface area contributed by atoms with Crippen LogP contribution in [0.1, 0.15) is 43.0 Å². The van der Waals surface area contributed by atoms with Crippen molar-refractivity contribution in [3.8, 4) is 0 Å². The molecule has 0 radical (unpaired) electrons. The largest absolute Gasteiger partial charge is 0.367 e. The zero-order chi connectivity index (χ0) is 14.9. The molecule has 4 nitrogen and oxygen atoms in total. The normalized spacial score (nSPS) is 19.7. The summed E-state index contributed by atoms with van der Waals surface area (Å²) in [4.78, 5) is 14.4. The van der Waals surface area contributed by atoms with Crippen molar-refractivity contribution in [2.45, 2.75) is 51.5 Å². The van der Waals surface area contributed by atoms with Crippen LogP contribution in [0, 0.1) is 0 Å². The van der Waals surface area contributed by atoms with Gasteiger partial charge in [0.2, 0.25) is 0 Å². The van der Waals surface area contributed by atoms with Crippen LogP contribution >= 0.6 is 11.3 Å². The van der Waals surface area contributed by atoms with E-state index in [1.54, 1.807) is 6.33 Å². The minimum atomic E-state index is 0.558. The van der Waals surface area contributed by atoms with Crippen LogP contribution in [0.2, 0.25) is 0 Å². The minimum absolute atomic E-state index is 0.558. The SMILES string of the molecule is CCCN1CCC(Nc2ncnc3sc4c(c23)CCC4)CC1. The van der Waals surface area contributed by atoms with E-state index in [0.29, 0.717) is 6.04 Å². The van der Waals surface area contributed by atoms with Gasteiger partial charge in [-0.05, 0) is 50.6 Å². The predicted molar refractivity (Wildman–Crippen MR) is 92.8 cm³/mol. The lowest BCUT2D eigenvalue weighted by atomic mass is 10.0. The Morgan fingerprint density at radius 3 is 2.95 bits per heavy atom. The zero-order valence-electron chi connectivity index (χ0n) is 13.3. The first-order chi connectivity index (χ1) is 10.8. The smallest absolute Gasteiger partial charge is 0.138 e. The minimum Gasteiger partial charge on any atom is -0.367 e. The standard InChI is InChI=1S/C17H24N4S/c1-2-8-21-9-6-12(7-10-21)20-16-15-13-4-3-5-14(13)22-17(15)19-11-18-16/h11-12H,2-10H2,1H3,(H,18,19,20). The fourth-order valence-corrected chi connectivity index (χ4v) is 5.08. The second-order valence-corrected chi connectivity index (χ2v) is 7.60. The fourth-order valence-electron chi connectivity index (χ4n) is 3.85. The molecule has 0 spiro atoms. The van der Waals surface area contributed by atoms with Gasteiger partial charge in [-0.15, -0.1) is 11.3 Å². The molecular formula is C17H24N4S. The molecule has 1 N–H and O–H groups in total. The summed E-state index contributed by atoms with van der Waals surface area (Å²) in [6, 6.07) is 0.558. The summed E-state index contributed by atoms with van der Waals surface area (Å²) in [5, 5.41) is 5.05. The molecule has 118 valence electrons. The van der Waals surface area contributed by atoms with Gasteiger partial charge < -0.3 is 10.2 Å². The maximum atomic E-state index is 4.58. The monoisotopic (exact) mass is 316 g/mol. The van der Waals surface area contributed by atoms with Crippen molar-refractivity contribution in [3.63, 3.8) is 0 Å². The number of piperidine rings is 1. The lowest BCUT2D eigenvalue weighted by Gasteiger charge is -2.32. The van der Waals surface area contributed by atoms with Crippen LogP contribution in [0.15, 0.2) is 6.33 Å². The Bertz CT molecular complexity index is 658. The third-order valence-corrected chi connectivity index (χ3v) is 6.17. The van der Waals surface area contributed by atoms with Gasteiger partial charge in [-0.2, -0.15) is 0 Å². The number of rotatable bonds is 4. The topological polar surface area (TPSA) is 41.0 Å². The second-order valence-electron chi connectivity index (χ2n) is 6.52. The van der Waals surface area contributed by atoms with Crippen LogP contribution < -0.4 is 5.32 Å². The van der Waals surface area contributed by atoms with E-state index in [-0.39, 0.29) is 0 Å². The number of thiophene rings is 1. The molecule has 0 atom stereocenters. The summed E-state index contributed by atoms with van der Waals surface area (Å²) in [6.07, 6.45) is 9.14. The fraction of sp³-hybridized carbons (Fsp3) is 0.647. The number of anilines is 1. The number of hydrogen-bond acceptors (Lipinski definition) is 5. The quantitative estimate of drug-likeness (QED) is 0.938. The van der Waals surface area contributed by atoms with Gasteiger partial charge in [0, 0.05) is 24.0 Å². The van der Waals surface area contributed by atoms with E-state index in [1.165, 1.54) is 78.8 Å². The van der Waals surface area contributed by atoms with Gasteiger partial charge in [-0.25, -0.2) is 9.97 Å². The summed E-state index contributed by atoms with van der Waals surface area (Å²) in [5.74, 6) is 1.08. The van der Waals surface area contributed by atoms with E-state index in [9.17, 15) is 0 Å². The molecule has 1 aliphatic heterocycles. The van der Waals surface area contributed by atoms with Crippen LogP contribution in [0.5, 0.6) is 0 Å². The highest BCUT2D eigenvalue weighted by Crippen LogP contribution is 2.39. The zero-order valence-corrected chi connectivity index (χ0v) is 14.1. The van der Waals surface area contributed by atoms with Crippen molar-refractivity contribution in [2.75, 3.05) is 25.0 Å². The summed E-state index contributed by atoms with van der Waals surface area (Å²) >= 11 is 1.87. The summed E-state index contributed by atoms with van der Waals surface area (Å²) < 4.78 is 0. The Balaban J connectivity index is 1.53. The van der Waals surface area contributed by atoms with Gasteiger partial charge in [-0.1, -0.05) is 6.92 Å². The summed E-state index contributed by atoms with van der Waals surface area (Å²) in [7, 11) is 0. The summed E-state index contributed by atoms with van der Waals surface area (Å²) in [5.41, 5.74) is 1.52. The number of hydrogen-bond donors (Lipinski definition) is 1. The van der Waals surface area contributed by atoms with Gasteiger partial charge >= 0.3 is 0 Å². The third kappa shape index (κ3) is 2.61. The molecule has 0 aromatic carbocycles. The summed E-state index contributed by atoms with van der Waals surface area (Å²) in [6.45, 7) is 5.92. The Hall–Kier alpha value is -1.20. The molecule has 2 aromatic heterocycles. The first-order valence-electron chi connectivity index (χ1n) is 8.59. The Morgan fingerprint density at radius 1 is 1.27 bits per heavy atom. The van der Waals surface area contributed by atoms with Gasteiger partial charge in [0.05, 0.1) is 5.39 Å². The molecule has 0 bridgehead atoms. The van der Waals surface area contributed by atoms with Crippen LogP contribution in [-0.2, 0) is 12.8 Å². The van der Waals surface area contributed by atoms with E-state index < -0.39 is 0 Å². The number of likely N-dealkylation sites (tertiary alicyclic amines) is 1. The molecule has 3 heterocycles. The third-order valence-electron chi connectivity index (χ3n) is 4.97. The van der Waals surface area contributed by atoms with E-state index in [2.05, 4.69) is 27.1 Å². The number of aryl methyl sites for hydroxylation is 2. The van der Waals surface area contributed by atoms with E-state index in [1.807, 2.05) is 11.3 Å². The van der Waals surface area contributed by atoms with Gasteiger partial charge in [0.1, 0.15) is 17.0 Å². The highest BCUT2D eigenvalue weighted by atomic mass is 32.1. The molecule has 1 fully saturated rings. The Labute approximate surface area is 136 Å². The lowest BCUT2D eigenvalue weighted by Crippen LogP contribution is -2.39. The van der Waals surface area contributed by atoms with Crippen molar-refractivity contribution in [1.82, 2.24) is 14.9 Å². The molecular weight excluding hydrogens is 292 g/mol. The van der Waals surface area contributed by atoms with Gasteiger partial charge in [-0.3, -0.25) is 0 Å². The van der Waals surface area contributed by atoms with Crippen molar-refractivity contribution in [2.24, 2.45) is 0 Å². The molecule has 2 aliphatic rings. The van der Waals surface area contributed by atoms with Crippen LogP contribution in [-0.4, -0.2) is 40.5 Å². The number of aromatic nitrogens is 2. The average molecular weight is 316 g/mol. The van der Waals surface area contributed by atoms with Gasteiger partial charge in [0.25, 0.3) is 0 Å². The molecule has 22 heavy (non-hydrogen) atoms. The van der Waals surface area contributed by atoms with Crippen molar-refractivity contribution >= 4 is 27.4 Å². The molecule has 0 saturated carbocycles. The Morgan fingerprint density at radius 2 is 2.14 bits per heavy atom. The predicted octanol–water partition coefficient (Wildman–Crippen LogP) is 3.47. The maximum Gasteiger partial charge on any atom is 0.138 e. The number of nitrogens with one attached hydrogen (secondary N) is 1. The molecule has 1 saturated heterocycles. The first-order valence-corrected chi connectivity index (χ1v) is 9.41. The van der Waals surface area contributed by atoms with Gasteiger partial charge in [0.15, 0.2) is 0 Å². The lowest BCUT2D eigenvalue weighted by molar-refractivity contribution is 0.219.